The maximum absolute atomic E-state index is 14.5. The fourth-order valence-corrected chi connectivity index (χ4v) is 7.38. The molecule has 2 aliphatic heterocycles. The number of benzene rings is 1. The minimum atomic E-state index is -0.599. The van der Waals surface area contributed by atoms with Crippen LogP contribution < -0.4 is 9.88 Å². The molecule has 3 atom stereocenters. The van der Waals surface area contributed by atoms with Crippen LogP contribution in [0.3, 0.4) is 0 Å². The molecule has 3 aliphatic rings. The second-order valence-corrected chi connectivity index (χ2v) is 14.1. The van der Waals surface area contributed by atoms with Crippen LogP contribution in [0.4, 0.5) is 4.79 Å². The fraction of sp³-hybridized carbons (Fsp3) is 0.529. The van der Waals surface area contributed by atoms with Crippen LogP contribution >= 0.6 is 11.6 Å². The summed E-state index contributed by atoms with van der Waals surface area (Å²) in [7, 11) is 0. The third kappa shape index (κ3) is 6.49. The molecule has 234 valence electrons. The molecule has 1 aromatic carbocycles. The van der Waals surface area contributed by atoms with Crippen molar-refractivity contribution in [2.45, 2.75) is 77.5 Å². The van der Waals surface area contributed by atoms with Gasteiger partial charge in [0.25, 0.3) is 5.82 Å². The van der Waals surface area contributed by atoms with Crippen LogP contribution in [0.25, 0.3) is 0 Å². The first kappa shape index (κ1) is 30.6. The van der Waals surface area contributed by atoms with E-state index in [1.54, 1.807) is 4.90 Å². The Morgan fingerprint density at radius 2 is 1.93 bits per heavy atom. The van der Waals surface area contributed by atoms with Gasteiger partial charge in [-0.25, -0.2) is 14.3 Å². The lowest BCUT2D eigenvalue weighted by Crippen LogP contribution is -2.65. The molecule has 0 spiro atoms. The molecule has 2 N–H and O–H groups in total. The van der Waals surface area contributed by atoms with E-state index in [1.807, 2.05) is 50.2 Å². The van der Waals surface area contributed by atoms with Gasteiger partial charge in [-0.05, 0) is 81.3 Å². The second kappa shape index (κ2) is 12.5. The number of H-pyrrole nitrogens is 1. The van der Waals surface area contributed by atoms with Crippen LogP contribution in [0.5, 0.6) is 0 Å². The lowest BCUT2D eigenvalue weighted by atomic mass is 9.94. The number of piperazine rings is 1. The molecule has 3 aromatic rings. The van der Waals surface area contributed by atoms with Crippen LogP contribution in [0.2, 0.25) is 5.02 Å². The maximum atomic E-state index is 14.5. The number of urea groups is 1. The van der Waals surface area contributed by atoms with Crippen LogP contribution in [0.1, 0.15) is 67.9 Å². The van der Waals surface area contributed by atoms with Crippen molar-refractivity contribution in [3.05, 3.63) is 82.2 Å². The van der Waals surface area contributed by atoms with Crippen molar-refractivity contribution >= 4 is 23.5 Å². The van der Waals surface area contributed by atoms with Crippen molar-refractivity contribution < 1.29 is 14.2 Å². The van der Waals surface area contributed by atoms with Crippen molar-refractivity contribution in [2.75, 3.05) is 32.7 Å². The van der Waals surface area contributed by atoms with Gasteiger partial charge < -0.3 is 15.1 Å². The molecule has 4 heterocycles. The van der Waals surface area contributed by atoms with E-state index in [9.17, 15) is 9.59 Å². The average molecular weight is 619 g/mol. The number of rotatable bonds is 4. The van der Waals surface area contributed by atoms with Gasteiger partial charge in [0.15, 0.2) is 0 Å². The van der Waals surface area contributed by atoms with Gasteiger partial charge in [-0.15, -0.1) is 0 Å². The summed E-state index contributed by atoms with van der Waals surface area (Å²) in [6, 6.07) is 9.41. The standard InChI is InChI=1S/C34H44ClN7O2/c1-23-36-14-16-39(23)20-24-7-6-15-41(21-24)32(43)29-22-40(17-18-42(29)33(44)38-34(2,3)4)31-28-12-11-27(35)19-26(28)10-9-25-8-5-13-37-30(25)31/h5,8,11-14,16,19,24,29,31H,6-7,9-10,15,17-18,20-22H2,1-4H3,(H,38,44)/p+1/t24-,29-,31+/m1/s1. The Morgan fingerprint density at radius 3 is 2.70 bits per heavy atom. The highest BCUT2D eigenvalue weighted by Crippen LogP contribution is 2.38. The first-order valence-corrected chi connectivity index (χ1v) is 16.3. The average Bonchev–Trinajstić information content (AvgIpc) is 3.32. The van der Waals surface area contributed by atoms with E-state index >= 15 is 0 Å². The molecule has 2 aromatic heterocycles. The molecule has 0 radical (unpaired) electrons. The van der Waals surface area contributed by atoms with Gasteiger partial charge in [-0.1, -0.05) is 23.7 Å². The molecule has 1 aliphatic carbocycles. The Morgan fingerprint density at radius 1 is 1.11 bits per heavy atom. The number of nitrogens with one attached hydrogen (secondary N) is 2. The zero-order chi connectivity index (χ0) is 31.0. The summed E-state index contributed by atoms with van der Waals surface area (Å²) in [5.41, 5.74) is 4.24. The topological polar surface area (TPSA) is 88.5 Å². The number of pyridine rings is 1. The first-order chi connectivity index (χ1) is 21.1. The van der Waals surface area contributed by atoms with Gasteiger partial charge in [0.2, 0.25) is 5.91 Å². The van der Waals surface area contributed by atoms with Gasteiger partial charge in [-0.2, -0.15) is 0 Å². The van der Waals surface area contributed by atoms with Gasteiger partial charge >= 0.3 is 6.03 Å². The summed E-state index contributed by atoms with van der Waals surface area (Å²) in [5, 5.41) is 3.85. The van der Waals surface area contributed by atoms with E-state index < -0.39 is 11.6 Å². The minimum Gasteiger partial charge on any atom is -0.340 e. The molecular formula is C34H45ClN7O2+. The predicted octanol–water partition coefficient (Wildman–Crippen LogP) is 4.28. The van der Waals surface area contributed by atoms with Gasteiger partial charge in [0, 0.05) is 62.3 Å². The number of amides is 3. The minimum absolute atomic E-state index is 0.0328. The molecule has 0 unspecified atom stereocenters. The summed E-state index contributed by atoms with van der Waals surface area (Å²) < 4.78 is 2.23. The van der Waals surface area contributed by atoms with Gasteiger partial charge in [0.05, 0.1) is 18.3 Å². The number of hydrogen-bond donors (Lipinski definition) is 2. The molecule has 2 saturated heterocycles. The lowest BCUT2D eigenvalue weighted by molar-refractivity contribution is -0.708. The summed E-state index contributed by atoms with van der Waals surface area (Å²) in [5.74, 6) is 1.50. The number of carbonyl (C=O) groups excluding carboxylic acids is 2. The first-order valence-electron chi connectivity index (χ1n) is 15.9. The Balaban J connectivity index is 1.31. The molecule has 0 bridgehead atoms. The number of likely N-dealkylation sites (tertiary alicyclic amines) is 1. The van der Waals surface area contributed by atoms with Crippen molar-refractivity contribution in [1.29, 1.82) is 0 Å². The van der Waals surface area contributed by atoms with E-state index in [1.165, 1.54) is 16.7 Å². The highest BCUT2D eigenvalue weighted by Gasteiger charge is 2.43. The van der Waals surface area contributed by atoms with Crippen LogP contribution in [-0.4, -0.2) is 80.9 Å². The Hall–Kier alpha value is -3.43. The number of halogens is 1. The maximum Gasteiger partial charge on any atom is 0.318 e. The van der Waals surface area contributed by atoms with Crippen LogP contribution in [0, 0.1) is 12.8 Å². The number of imidazole rings is 1. The Labute approximate surface area is 265 Å². The molecule has 44 heavy (non-hydrogen) atoms. The van der Waals surface area contributed by atoms with E-state index in [0.29, 0.717) is 38.6 Å². The molecular weight excluding hydrogens is 574 g/mol. The summed E-state index contributed by atoms with van der Waals surface area (Å²) in [4.78, 5) is 42.5. The Bertz CT molecular complexity index is 1520. The highest BCUT2D eigenvalue weighted by molar-refractivity contribution is 6.30. The largest absolute Gasteiger partial charge is 0.340 e. The number of hydrogen-bond acceptors (Lipinski definition) is 4. The van der Waals surface area contributed by atoms with Crippen molar-refractivity contribution in [2.24, 2.45) is 5.92 Å². The summed E-state index contributed by atoms with van der Waals surface area (Å²) in [6.07, 6.45) is 9.69. The zero-order valence-corrected chi connectivity index (χ0v) is 27.1. The van der Waals surface area contributed by atoms with E-state index in [4.69, 9.17) is 16.6 Å². The van der Waals surface area contributed by atoms with E-state index in [0.717, 1.165) is 48.8 Å². The molecule has 0 saturated carbocycles. The Kier molecular flexibility index (Phi) is 8.70. The monoisotopic (exact) mass is 618 g/mol. The fourth-order valence-electron chi connectivity index (χ4n) is 7.18. The van der Waals surface area contributed by atoms with Crippen LogP contribution in [-0.2, 0) is 24.2 Å². The molecule has 3 amide bonds. The number of aryl methyl sites for hydroxylation is 3. The molecule has 10 heteroatoms. The lowest BCUT2D eigenvalue weighted by Gasteiger charge is -2.46. The quantitative estimate of drug-likeness (QED) is 0.427. The van der Waals surface area contributed by atoms with Crippen molar-refractivity contribution in [1.82, 2.24) is 30.0 Å². The smallest absolute Gasteiger partial charge is 0.318 e. The predicted molar refractivity (Wildman–Crippen MR) is 170 cm³/mol. The molecule has 9 nitrogen and oxygen atoms in total. The highest BCUT2D eigenvalue weighted by atomic mass is 35.5. The summed E-state index contributed by atoms with van der Waals surface area (Å²) in [6.45, 7) is 11.8. The van der Waals surface area contributed by atoms with E-state index in [-0.39, 0.29) is 18.0 Å². The van der Waals surface area contributed by atoms with Crippen LogP contribution in [0.15, 0.2) is 48.9 Å². The number of aromatic nitrogens is 3. The number of nitrogens with zero attached hydrogens (tertiary/aromatic N) is 5. The molecule has 6 rings (SSSR count). The summed E-state index contributed by atoms with van der Waals surface area (Å²) >= 11 is 6.46. The second-order valence-electron chi connectivity index (χ2n) is 13.7. The van der Waals surface area contributed by atoms with E-state index in [2.05, 4.69) is 51.1 Å². The third-order valence-electron chi connectivity index (χ3n) is 9.32. The SMILES string of the molecule is Cc1[nH]cc[n+]1C[C@H]1CCCN(C(=O)[C@H]2CN([C@H]3c4ccc(Cl)cc4CCc4cccnc43)CCN2C(=O)NC(C)(C)C)C1. The van der Waals surface area contributed by atoms with Crippen molar-refractivity contribution in [3.8, 4) is 0 Å². The third-order valence-corrected chi connectivity index (χ3v) is 9.55. The zero-order valence-electron chi connectivity index (χ0n) is 26.4. The van der Waals surface area contributed by atoms with Gasteiger partial charge in [-0.3, -0.25) is 14.7 Å². The number of aromatic amines is 1. The normalized spacial score (nSPS) is 22.6. The molecule has 2 fully saturated rings. The van der Waals surface area contributed by atoms with Crippen molar-refractivity contribution in [3.63, 3.8) is 0 Å². The number of fused-ring (bicyclic) bond motifs is 2. The number of piperidine rings is 1. The number of carbonyl (C=O) groups is 2. The van der Waals surface area contributed by atoms with Gasteiger partial charge in [0.1, 0.15) is 18.4 Å².